The lowest BCUT2D eigenvalue weighted by Crippen LogP contribution is -2.49. The molecule has 2 aliphatic rings. The summed E-state index contributed by atoms with van der Waals surface area (Å²) in [5.74, 6) is 0.430. The molecule has 1 saturated heterocycles. The van der Waals surface area contributed by atoms with Gasteiger partial charge in [-0.05, 0) is 55.1 Å². The van der Waals surface area contributed by atoms with Crippen LogP contribution in [0.3, 0.4) is 0 Å². The number of amides is 1. The summed E-state index contributed by atoms with van der Waals surface area (Å²) in [4.78, 5) is 36.4. The average molecular weight is 482 g/mol. The van der Waals surface area contributed by atoms with E-state index in [1.165, 1.54) is 34.3 Å². The maximum Gasteiger partial charge on any atom is 0.347 e. The Labute approximate surface area is 201 Å². The minimum Gasteiger partial charge on any atom is -0.368 e. The van der Waals surface area contributed by atoms with Crippen LogP contribution in [0, 0.1) is 0 Å². The lowest BCUT2D eigenvalue weighted by molar-refractivity contribution is -0.404. The van der Waals surface area contributed by atoms with Crippen molar-refractivity contribution in [2.45, 2.75) is 37.4 Å². The van der Waals surface area contributed by atoms with Gasteiger partial charge in [-0.2, -0.15) is 4.57 Å². The summed E-state index contributed by atoms with van der Waals surface area (Å²) in [6.07, 6.45) is 6.11. The number of thioether (sulfide) groups is 1. The first-order valence-electron chi connectivity index (χ1n) is 11.6. The quantitative estimate of drug-likeness (QED) is 0.308. The first-order chi connectivity index (χ1) is 16.2. The van der Waals surface area contributed by atoms with Crippen molar-refractivity contribution in [1.82, 2.24) is 9.47 Å². The monoisotopic (exact) mass is 481 g/mol. The second-order valence-electron chi connectivity index (χ2n) is 8.54. The van der Waals surface area contributed by atoms with Gasteiger partial charge in [-0.1, -0.05) is 42.2 Å². The minimum atomic E-state index is 0.0366. The number of aromatic nitrogens is 2. The summed E-state index contributed by atoms with van der Waals surface area (Å²) < 4.78 is 1.74. The summed E-state index contributed by atoms with van der Waals surface area (Å²) in [5, 5.41) is 1.58. The molecule has 5 rings (SSSR count). The fraction of sp³-hybridized carbons (Fsp3) is 0.400. The molecule has 1 N–H and O–H groups in total. The molecule has 0 bridgehead atoms. The molecule has 1 fully saturated rings. The highest BCUT2D eigenvalue weighted by Gasteiger charge is 2.27. The van der Waals surface area contributed by atoms with Crippen LogP contribution in [0.5, 0.6) is 0 Å². The van der Waals surface area contributed by atoms with E-state index >= 15 is 0 Å². The van der Waals surface area contributed by atoms with E-state index in [4.69, 9.17) is 0 Å². The Balaban J connectivity index is 1.30. The molecule has 8 heteroatoms. The molecule has 172 valence electrons. The predicted octanol–water partition coefficient (Wildman–Crippen LogP) is 3.38. The first kappa shape index (κ1) is 22.2. The Morgan fingerprint density at radius 1 is 1.12 bits per heavy atom. The van der Waals surface area contributed by atoms with E-state index in [9.17, 15) is 9.59 Å². The number of para-hydroxylation sites is 1. The van der Waals surface area contributed by atoms with E-state index in [1.54, 1.807) is 22.0 Å². The molecule has 0 atom stereocenters. The van der Waals surface area contributed by atoms with Crippen molar-refractivity contribution in [3.05, 3.63) is 63.8 Å². The summed E-state index contributed by atoms with van der Waals surface area (Å²) in [5.41, 5.74) is 2.47. The maximum atomic E-state index is 13.4. The van der Waals surface area contributed by atoms with Crippen molar-refractivity contribution in [2.75, 3.05) is 36.8 Å². The van der Waals surface area contributed by atoms with Gasteiger partial charge in [-0.25, -0.2) is 9.78 Å². The van der Waals surface area contributed by atoms with E-state index in [0.29, 0.717) is 25.4 Å². The van der Waals surface area contributed by atoms with Crippen molar-refractivity contribution in [2.24, 2.45) is 0 Å². The number of thiophene rings is 1. The standard InChI is InChI=1S/C25H28N4O2S2/c1-2-12-29-24(31)22-19-10-6-7-11-20(19)33-23(22)26-25(29)32-17-21(30)28-15-13-27(14-16-28)18-8-4-3-5-9-18/h2-5,8-9H,1,6-7,10-17H2/p+1. The number of aromatic amines is 1. The third kappa shape index (κ3) is 4.46. The molecule has 1 aliphatic carbocycles. The van der Waals surface area contributed by atoms with Gasteiger partial charge in [0, 0.05) is 36.7 Å². The zero-order valence-electron chi connectivity index (χ0n) is 18.7. The number of nitrogens with one attached hydrogen (secondary N) is 1. The molecule has 1 amide bonds. The third-order valence-corrected chi connectivity index (χ3v) is 8.69. The number of hydrogen-bond acceptors (Lipinski definition) is 5. The highest BCUT2D eigenvalue weighted by Crippen LogP contribution is 2.33. The Hall–Kier alpha value is -2.58. The van der Waals surface area contributed by atoms with E-state index < -0.39 is 0 Å². The van der Waals surface area contributed by atoms with E-state index in [2.05, 4.69) is 28.6 Å². The molecular formula is C25H29N4O2S2+. The van der Waals surface area contributed by atoms with Crippen molar-refractivity contribution >= 4 is 44.9 Å². The smallest absolute Gasteiger partial charge is 0.347 e. The Morgan fingerprint density at radius 3 is 2.64 bits per heavy atom. The molecule has 0 radical (unpaired) electrons. The largest absolute Gasteiger partial charge is 0.368 e. The van der Waals surface area contributed by atoms with Crippen molar-refractivity contribution in [3.8, 4) is 0 Å². The lowest BCUT2D eigenvalue weighted by Gasteiger charge is -2.36. The highest BCUT2D eigenvalue weighted by molar-refractivity contribution is 7.99. The topological polar surface area (TPSA) is 59.7 Å². The van der Waals surface area contributed by atoms with Gasteiger partial charge in [0.25, 0.3) is 0 Å². The number of aryl methyl sites for hydroxylation is 2. The summed E-state index contributed by atoms with van der Waals surface area (Å²) in [7, 11) is 0. The number of nitrogens with zero attached hydrogens (tertiary/aromatic N) is 3. The van der Waals surface area contributed by atoms with Gasteiger partial charge in [0.05, 0.1) is 5.75 Å². The van der Waals surface area contributed by atoms with Crippen LogP contribution in [0.2, 0.25) is 0 Å². The van der Waals surface area contributed by atoms with Crippen LogP contribution >= 0.6 is 23.1 Å². The molecule has 2 aromatic heterocycles. The number of fused-ring (bicyclic) bond motifs is 3. The Morgan fingerprint density at radius 2 is 1.88 bits per heavy atom. The van der Waals surface area contributed by atoms with Gasteiger partial charge in [-0.3, -0.25) is 4.79 Å². The second kappa shape index (κ2) is 9.73. The SMILES string of the molecule is C=CCn1c(SCC(=O)N2CCN(c3ccccc3)CC2)[nH+]c2sc3c(c2c1=O)CCCC3. The van der Waals surface area contributed by atoms with Crippen LogP contribution in [-0.2, 0) is 24.2 Å². The second-order valence-corrected chi connectivity index (χ2v) is 10.6. The molecule has 33 heavy (non-hydrogen) atoms. The molecule has 3 aromatic rings. The number of piperazine rings is 1. The number of allylic oxidation sites excluding steroid dienone is 1. The lowest BCUT2D eigenvalue weighted by atomic mass is 9.97. The van der Waals surface area contributed by atoms with Crippen molar-refractivity contribution in [1.29, 1.82) is 0 Å². The van der Waals surface area contributed by atoms with Crippen LogP contribution in [0.25, 0.3) is 10.2 Å². The number of anilines is 1. The predicted molar refractivity (Wildman–Crippen MR) is 135 cm³/mol. The number of hydrogen-bond donors (Lipinski definition) is 0. The van der Waals surface area contributed by atoms with Crippen molar-refractivity contribution < 1.29 is 9.78 Å². The molecule has 0 spiro atoms. The van der Waals surface area contributed by atoms with Gasteiger partial charge < -0.3 is 9.80 Å². The highest BCUT2D eigenvalue weighted by atomic mass is 32.2. The van der Waals surface area contributed by atoms with Crippen LogP contribution < -0.4 is 15.4 Å². The minimum absolute atomic E-state index is 0.0366. The van der Waals surface area contributed by atoms with Crippen LogP contribution in [0.1, 0.15) is 23.3 Å². The Bertz CT molecular complexity index is 1230. The van der Waals surface area contributed by atoms with Crippen LogP contribution in [-0.4, -0.2) is 47.3 Å². The molecular weight excluding hydrogens is 452 g/mol. The van der Waals surface area contributed by atoms with Crippen LogP contribution in [0.15, 0.2) is 52.9 Å². The molecule has 1 aromatic carbocycles. The van der Waals surface area contributed by atoms with Gasteiger partial charge >= 0.3 is 10.7 Å². The van der Waals surface area contributed by atoms with E-state index in [1.807, 2.05) is 23.1 Å². The number of carbonyl (C=O) groups excluding carboxylic acids is 1. The molecule has 1 aliphatic heterocycles. The number of benzene rings is 1. The summed E-state index contributed by atoms with van der Waals surface area (Å²) >= 11 is 3.13. The maximum absolute atomic E-state index is 13.4. The zero-order chi connectivity index (χ0) is 22.8. The summed E-state index contributed by atoms with van der Waals surface area (Å²) in [6.45, 7) is 7.37. The van der Waals surface area contributed by atoms with Gasteiger partial charge in [0.15, 0.2) is 4.83 Å². The third-order valence-electron chi connectivity index (χ3n) is 6.49. The first-order valence-corrected chi connectivity index (χ1v) is 13.4. The molecule has 0 saturated carbocycles. The van der Waals surface area contributed by atoms with Gasteiger partial charge in [0.2, 0.25) is 5.91 Å². The van der Waals surface area contributed by atoms with E-state index in [-0.39, 0.29) is 11.5 Å². The summed E-state index contributed by atoms with van der Waals surface area (Å²) in [6, 6.07) is 10.3. The van der Waals surface area contributed by atoms with Gasteiger partial charge in [0.1, 0.15) is 11.9 Å². The molecule has 6 nitrogen and oxygen atoms in total. The average Bonchev–Trinajstić information content (AvgIpc) is 3.24. The fourth-order valence-corrected chi connectivity index (χ4v) is 7.03. The molecule has 3 heterocycles. The van der Waals surface area contributed by atoms with E-state index in [0.717, 1.165) is 47.7 Å². The number of carbonyl (C=O) groups is 1. The molecule has 0 unspecified atom stereocenters. The fourth-order valence-electron chi connectivity index (χ4n) is 4.76. The van der Waals surface area contributed by atoms with Crippen molar-refractivity contribution in [3.63, 3.8) is 0 Å². The van der Waals surface area contributed by atoms with Gasteiger partial charge in [-0.15, -0.1) is 0 Å². The van der Waals surface area contributed by atoms with Crippen LogP contribution in [0.4, 0.5) is 5.69 Å². The Kier molecular flexibility index (Phi) is 6.55. The number of rotatable bonds is 6. The normalized spacial score (nSPS) is 16.1. The zero-order valence-corrected chi connectivity index (χ0v) is 20.3. The number of H-pyrrole nitrogens is 1.